The van der Waals surface area contributed by atoms with Gasteiger partial charge >= 0.3 is 12.1 Å². The zero-order chi connectivity index (χ0) is 22.9. The molecule has 0 radical (unpaired) electrons. The van der Waals surface area contributed by atoms with Crippen molar-refractivity contribution in [3.05, 3.63) is 64.2 Å². The van der Waals surface area contributed by atoms with Crippen molar-refractivity contribution in [2.45, 2.75) is 38.3 Å². The lowest BCUT2D eigenvalue weighted by Crippen LogP contribution is -2.34. The molecule has 2 N–H and O–H groups in total. The third kappa shape index (κ3) is 4.74. The van der Waals surface area contributed by atoms with E-state index in [9.17, 15) is 27.6 Å². The second-order valence-electron chi connectivity index (χ2n) is 7.25. The fraction of sp³-hybridized carbons (Fsp3) is 0.300. The molecule has 1 aliphatic rings. The Hall–Kier alpha value is -3.83. The monoisotopic (exact) mass is 449 g/mol. The number of aromatic nitrogens is 3. The predicted molar refractivity (Wildman–Crippen MR) is 105 cm³/mol. The molecule has 1 fully saturated rings. The van der Waals surface area contributed by atoms with E-state index in [0.717, 1.165) is 6.07 Å². The van der Waals surface area contributed by atoms with Gasteiger partial charge in [0.25, 0.3) is 5.91 Å². The summed E-state index contributed by atoms with van der Waals surface area (Å²) in [5.41, 5.74) is 0.116. The number of para-hydroxylation sites is 1. The van der Waals surface area contributed by atoms with E-state index in [4.69, 9.17) is 0 Å². The molecule has 4 rings (SSSR count). The summed E-state index contributed by atoms with van der Waals surface area (Å²) in [6.45, 7) is 0.00242. The fourth-order valence-electron chi connectivity index (χ4n) is 3.45. The molecule has 12 heteroatoms. The summed E-state index contributed by atoms with van der Waals surface area (Å²) in [6.07, 6.45) is -2.55. The van der Waals surface area contributed by atoms with E-state index in [-0.39, 0.29) is 36.2 Å². The normalized spacial score (nSPS) is 16.2. The maximum atomic E-state index is 12.6. The number of fused-ring (bicyclic) bond motifs is 1. The Morgan fingerprint density at radius 3 is 2.72 bits per heavy atom. The number of hydrogen-bond acceptors (Lipinski definition) is 5. The Morgan fingerprint density at radius 1 is 1.22 bits per heavy atom. The predicted octanol–water partition coefficient (Wildman–Crippen LogP) is 1.60. The lowest BCUT2D eigenvalue weighted by molar-refractivity contribution is -0.274. The molecule has 0 bridgehead atoms. The zero-order valence-electron chi connectivity index (χ0n) is 16.6. The van der Waals surface area contributed by atoms with E-state index in [2.05, 4.69) is 20.5 Å². The van der Waals surface area contributed by atoms with Gasteiger partial charge in [-0.25, -0.2) is 13.9 Å². The first-order chi connectivity index (χ1) is 15.2. The van der Waals surface area contributed by atoms with Gasteiger partial charge in [0, 0.05) is 30.8 Å². The molecular weight excluding hydrogens is 431 g/mol. The van der Waals surface area contributed by atoms with Gasteiger partial charge in [-0.2, -0.15) is 0 Å². The minimum Gasteiger partial charge on any atom is -0.405 e. The number of carbonyl (C=O) groups excluding carboxylic acids is 2. The van der Waals surface area contributed by atoms with Crippen LogP contribution in [0.25, 0.3) is 5.65 Å². The number of benzene rings is 1. The number of alkyl halides is 3. The highest BCUT2D eigenvalue weighted by atomic mass is 19.4. The second-order valence-corrected chi connectivity index (χ2v) is 7.25. The van der Waals surface area contributed by atoms with E-state index in [1.54, 1.807) is 0 Å². The van der Waals surface area contributed by atoms with Crippen LogP contribution in [0.15, 0.2) is 47.4 Å². The summed E-state index contributed by atoms with van der Waals surface area (Å²) in [7, 11) is 0. The van der Waals surface area contributed by atoms with Crippen LogP contribution < -0.4 is 21.1 Å². The Kier molecular flexibility index (Phi) is 5.59. The lowest BCUT2D eigenvalue weighted by Gasteiger charge is -2.13. The van der Waals surface area contributed by atoms with Gasteiger partial charge in [-0.05, 0) is 24.6 Å². The Labute approximate surface area is 178 Å². The van der Waals surface area contributed by atoms with Crippen molar-refractivity contribution in [2.24, 2.45) is 0 Å². The van der Waals surface area contributed by atoms with Crippen LogP contribution in [0.5, 0.6) is 5.75 Å². The number of hydrogen-bond donors (Lipinski definition) is 2. The van der Waals surface area contributed by atoms with Gasteiger partial charge in [0.2, 0.25) is 5.91 Å². The van der Waals surface area contributed by atoms with Gasteiger partial charge in [0.15, 0.2) is 5.65 Å². The number of ether oxygens (including phenoxy) is 1. The number of pyridine rings is 1. The highest BCUT2D eigenvalue weighted by Gasteiger charge is 2.32. The number of halogens is 3. The molecule has 0 unspecified atom stereocenters. The van der Waals surface area contributed by atoms with Crippen LogP contribution in [0.4, 0.5) is 13.2 Å². The van der Waals surface area contributed by atoms with Gasteiger partial charge in [-0.3, -0.25) is 9.59 Å². The third-order valence-corrected chi connectivity index (χ3v) is 4.96. The smallest absolute Gasteiger partial charge is 0.405 e. The molecule has 1 aromatic carbocycles. The van der Waals surface area contributed by atoms with Crippen molar-refractivity contribution in [1.82, 2.24) is 24.8 Å². The van der Waals surface area contributed by atoms with Crippen molar-refractivity contribution >= 4 is 17.5 Å². The van der Waals surface area contributed by atoms with Gasteiger partial charge in [-0.15, -0.1) is 18.3 Å². The van der Waals surface area contributed by atoms with Crippen LogP contribution in [-0.2, 0) is 17.9 Å². The van der Waals surface area contributed by atoms with E-state index >= 15 is 0 Å². The maximum Gasteiger partial charge on any atom is 0.573 e. The number of carbonyl (C=O) groups is 2. The minimum absolute atomic E-state index is 0.0759. The Balaban J connectivity index is 1.48. The molecule has 32 heavy (non-hydrogen) atoms. The van der Waals surface area contributed by atoms with E-state index in [0.29, 0.717) is 18.5 Å². The molecule has 0 aliphatic carbocycles. The molecule has 0 spiro atoms. The molecule has 1 saturated heterocycles. The summed E-state index contributed by atoms with van der Waals surface area (Å²) >= 11 is 0. The molecule has 1 atom stereocenters. The number of nitrogens with one attached hydrogen (secondary N) is 2. The van der Waals surface area contributed by atoms with Crippen LogP contribution in [0, 0.1) is 0 Å². The first kappa shape index (κ1) is 21.4. The molecule has 168 valence electrons. The first-order valence-corrected chi connectivity index (χ1v) is 9.70. The average molecular weight is 449 g/mol. The Morgan fingerprint density at radius 2 is 2.00 bits per heavy atom. The quantitative estimate of drug-likeness (QED) is 0.595. The minimum atomic E-state index is -4.85. The molecule has 9 nitrogen and oxygen atoms in total. The second kappa shape index (κ2) is 8.36. The van der Waals surface area contributed by atoms with E-state index in [1.807, 2.05) is 0 Å². The molecule has 3 aromatic rings. The summed E-state index contributed by atoms with van der Waals surface area (Å²) < 4.78 is 44.0. The molecule has 3 heterocycles. The van der Waals surface area contributed by atoms with Crippen LogP contribution >= 0.6 is 0 Å². The summed E-state index contributed by atoms with van der Waals surface area (Å²) in [4.78, 5) is 36.5. The number of nitrogens with zero attached hydrogens (tertiary/aromatic N) is 3. The summed E-state index contributed by atoms with van der Waals surface area (Å²) in [5.74, 6) is -1.07. The zero-order valence-corrected chi connectivity index (χ0v) is 16.6. The van der Waals surface area contributed by atoms with Crippen LogP contribution in [0.1, 0.15) is 28.8 Å². The SMILES string of the molecule is O=C1CC[C@H](Cn2nc3ccc(C(=O)NCc4ccccc4OC(F)(F)F)cn3c2=O)N1. The highest BCUT2D eigenvalue weighted by Crippen LogP contribution is 2.26. The van der Waals surface area contributed by atoms with Gasteiger partial charge in [0.05, 0.1) is 12.1 Å². The molecule has 2 amide bonds. The highest BCUT2D eigenvalue weighted by molar-refractivity contribution is 5.94. The van der Waals surface area contributed by atoms with Crippen molar-refractivity contribution in [3.63, 3.8) is 0 Å². The van der Waals surface area contributed by atoms with Crippen LogP contribution in [0.2, 0.25) is 0 Å². The van der Waals surface area contributed by atoms with Crippen molar-refractivity contribution in [3.8, 4) is 5.75 Å². The van der Waals surface area contributed by atoms with Crippen molar-refractivity contribution in [2.75, 3.05) is 0 Å². The van der Waals surface area contributed by atoms with Gasteiger partial charge in [0.1, 0.15) is 5.75 Å². The van der Waals surface area contributed by atoms with Crippen molar-refractivity contribution < 1.29 is 27.5 Å². The average Bonchev–Trinajstić information content (AvgIpc) is 3.28. The summed E-state index contributed by atoms with van der Waals surface area (Å²) in [6, 6.07) is 8.23. The fourth-order valence-corrected chi connectivity index (χ4v) is 3.45. The molecule has 2 aromatic heterocycles. The van der Waals surface area contributed by atoms with Crippen LogP contribution in [0.3, 0.4) is 0 Å². The van der Waals surface area contributed by atoms with Gasteiger partial charge in [-0.1, -0.05) is 18.2 Å². The topological polar surface area (TPSA) is 107 Å². The van der Waals surface area contributed by atoms with Crippen LogP contribution in [-0.4, -0.2) is 38.4 Å². The standard InChI is InChI=1S/C20H18F3N5O4/c21-20(22,23)32-15-4-2-1-3-12(15)9-24-18(30)13-5-7-16-26-28(19(31)27(16)10-13)11-14-6-8-17(29)25-14/h1-5,7,10,14H,6,8-9,11H2,(H,24,30)(H,25,29)/t14-/m1/s1. The third-order valence-electron chi connectivity index (χ3n) is 4.96. The number of amides is 2. The number of rotatable bonds is 6. The summed E-state index contributed by atoms with van der Waals surface area (Å²) in [5, 5.41) is 9.48. The van der Waals surface area contributed by atoms with Gasteiger partial charge < -0.3 is 15.4 Å². The molecular formula is C20H18F3N5O4. The van der Waals surface area contributed by atoms with Crippen molar-refractivity contribution in [1.29, 1.82) is 0 Å². The van der Waals surface area contributed by atoms with E-state index < -0.39 is 23.7 Å². The maximum absolute atomic E-state index is 12.6. The first-order valence-electron chi connectivity index (χ1n) is 9.70. The largest absolute Gasteiger partial charge is 0.573 e. The lowest BCUT2D eigenvalue weighted by atomic mass is 10.2. The van der Waals surface area contributed by atoms with E-state index in [1.165, 1.54) is 45.6 Å². The Bertz CT molecular complexity index is 1230. The molecule has 1 aliphatic heterocycles. The molecule has 0 saturated carbocycles.